The van der Waals surface area contributed by atoms with E-state index in [-0.39, 0.29) is 22.6 Å². The second kappa shape index (κ2) is 5.73. The number of phenols is 2. The van der Waals surface area contributed by atoms with E-state index in [1.165, 1.54) is 21.5 Å². The van der Waals surface area contributed by atoms with Crippen molar-refractivity contribution in [3.63, 3.8) is 0 Å². The summed E-state index contributed by atoms with van der Waals surface area (Å²) >= 11 is 1.77. The number of carbonyl (C=O) groups is 2. The molecule has 0 saturated carbocycles. The fourth-order valence-electron chi connectivity index (χ4n) is 2.32. The third kappa shape index (κ3) is 2.64. The molecule has 4 rings (SSSR count). The van der Waals surface area contributed by atoms with Gasteiger partial charge in [0, 0.05) is 4.70 Å². The Morgan fingerprint density at radius 3 is 1.83 bits per heavy atom. The number of phenolic OH excluding ortho intramolecular Hbond substituents is 2. The normalized spacial score (nSPS) is 12.9. The van der Waals surface area contributed by atoms with Crippen molar-refractivity contribution in [2.24, 2.45) is 0 Å². The van der Waals surface area contributed by atoms with E-state index in [0.29, 0.717) is 0 Å². The number of thiophene rings is 2. The van der Waals surface area contributed by atoms with Gasteiger partial charge in [-0.25, -0.2) is 0 Å². The Hall–Kier alpha value is -2.86. The summed E-state index contributed by atoms with van der Waals surface area (Å²) in [7, 11) is 1.70. The highest BCUT2D eigenvalue weighted by Crippen LogP contribution is 2.34. The maximum atomic E-state index is 11.3. The zero-order valence-corrected chi connectivity index (χ0v) is 12.9. The van der Waals surface area contributed by atoms with Gasteiger partial charge in [-0.15, -0.1) is 11.3 Å². The molecule has 2 bridgehead atoms. The number of allylic oxidation sites excluding steroid dienone is 2. The molecule has 0 atom stereocenters. The van der Waals surface area contributed by atoms with Gasteiger partial charge < -0.3 is 14.9 Å². The predicted molar refractivity (Wildman–Crippen MR) is 87.1 cm³/mol. The number of fused-ring (bicyclic) bond motifs is 3. The molecule has 1 aliphatic carbocycles. The van der Waals surface area contributed by atoms with Crippen LogP contribution in [0.25, 0.3) is 9.40 Å². The minimum atomic E-state index is -0.479. The summed E-state index contributed by atoms with van der Waals surface area (Å²) in [5.74, 6) is -0.528. The van der Waals surface area contributed by atoms with E-state index in [1.54, 1.807) is 18.4 Å². The van der Waals surface area contributed by atoms with Gasteiger partial charge in [-0.3, -0.25) is 9.59 Å². The summed E-state index contributed by atoms with van der Waals surface area (Å²) in [5.41, 5.74) is -0.255. The van der Waals surface area contributed by atoms with Gasteiger partial charge in [-0.05, 0) is 42.5 Å². The van der Waals surface area contributed by atoms with Crippen LogP contribution in [0.5, 0.6) is 17.2 Å². The van der Waals surface area contributed by atoms with Crippen molar-refractivity contribution in [3.8, 4) is 17.2 Å². The summed E-state index contributed by atoms with van der Waals surface area (Å²) in [4.78, 5) is 22.6. The van der Waals surface area contributed by atoms with Gasteiger partial charge in [0.25, 0.3) is 0 Å². The van der Waals surface area contributed by atoms with Gasteiger partial charge in [0.1, 0.15) is 17.2 Å². The van der Waals surface area contributed by atoms with Gasteiger partial charge >= 0.3 is 0 Å². The lowest BCUT2D eigenvalue weighted by Crippen LogP contribution is -2.11. The number of rotatable bonds is 1. The molecule has 2 N–H and O–H groups in total. The monoisotopic (exact) mass is 328 g/mol. The van der Waals surface area contributed by atoms with Crippen molar-refractivity contribution in [2.45, 2.75) is 0 Å². The molecule has 0 saturated heterocycles. The van der Waals surface area contributed by atoms with Crippen molar-refractivity contribution < 1.29 is 24.5 Å². The summed E-state index contributed by atoms with van der Waals surface area (Å²) in [6.07, 6.45) is 2.15. The lowest BCUT2D eigenvalue weighted by atomic mass is 9.93. The lowest BCUT2D eigenvalue weighted by molar-refractivity contribution is 0.0989. The van der Waals surface area contributed by atoms with Crippen LogP contribution in [0, 0.1) is 0 Å². The molecule has 0 amide bonds. The predicted octanol–water partition coefficient (Wildman–Crippen LogP) is 3.38. The Labute approximate surface area is 135 Å². The smallest absolute Gasteiger partial charge is 0.190 e. The molecule has 5 nitrogen and oxygen atoms in total. The largest absolute Gasteiger partial charge is 0.507 e. The molecule has 2 heterocycles. The number of benzene rings is 2. The summed E-state index contributed by atoms with van der Waals surface area (Å²) in [5, 5.41) is 18.7. The average Bonchev–Trinajstić information content (AvgIpc) is 3.17. The lowest BCUT2D eigenvalue weighted by Gasteiger charge is -2.11. The first-order valence-corrected chi connectivity index (χ1v) is 7.50. The fourth-order valence-corrected chi connectivity index (χ4v) is 3.26. The van der Waals surface area contributed by atoms with Crippen LogP contribution >= 0.6 is 11.3 Å². The molecule has 2 aromatic heterocycles. The molecule has 0 fully saturated rings. The van der Waals surface area contributed by atoms with E-state index in [1.807, 2.05) is 0 Å². The molecule has 0 unspecified atom stereocenters. The van der Waals surface area contributed by atoms with Crippen LogP contribution in [0.15, 0.2) is 42.5 Å². The second-order valence-electron chi connectivity index (χ2n) is 4.83. The van der Waals surface area contributed by atoms with E-state index < -0.39 is 11.6 Å². The maximum Gasteiger partial charge on any atom is 0.190 e. The van der Waals surface area contributed by atoms with Gasteiger partial charge in [0.2, 0.25) is 0 Å². The van der Waals surface area contributed by atoms with Crippen LogP contribution in [-0.4, -0.2) is 28.9 Å². The highest BCUT2D eigenvalue weighted by atomic mass is 32.1. The van der Waals surface area contributed by atoms with E-state index in [9.17, 15) is 19.8 Å². The minimum Gasteiger partial charge on any atom is -0.507 e. The number of aromatic hydroxyl groups is 2. The molecule has 116 valence electrons. The van der Waals surface area contributed by atoms with Gasteiger partial charge in [0.15, 0.2) is 11.6 Å². The third-order valence-electron chi connectivity index (χ3n) is 3.40. The SMILES string of the molecule is COc1cc2ccc1s2.O=C1C=CC(=O)c2c(O)ccc(O)c21. The van der Waals surface area contributed by atoms with E-state index in [2.05, 4.69) is 18.2 Å². The van der Waals surface area contributed by atoms with Crippen molar-refractivity contribution in [3.05, 3.63) is 53.6 Å². The Bertz CT molecular complexity index is 879. The standard InChI is InChI=1S/C10H6O4.C7H6OS/c11-5-1-2-6(12)10-8(14)4-3-7(13)9(5)10;1-8-6-4-5-2-3-7(6)9-5/h1-4,11-12H;2-4H,1H3. The van der Waals surface area contributed by atoms with Crippen LogP contribution in [0.3, 0.4) is 0 Å². The van der Waals surface area contributed by atoms with Crippen molar-refractivity contribution in [1.82, 2.24) is 0 Å². The first kappa shape index (κ1) is 15.1. The van der Waals surface area contributed by atoms with Gasteiger partial charge in [-0.1, -0.05) is 0 Å². The summed E-state index contributed by atoms with van der Waals surface area (Å²) in [6, 6.07) is 8.60. The molecular weight excluding hydrogens is 316 g/mol. The fraction of sp³-hybridized carbons (Fsp3) is 0.0588. The van der Waals surface area contributed by atoms with Crippen molar-refractivity contribution in [1.29, 1.82) is 0 Å². The first-order chi connectivity index (χ1) is 11.0. The summed E-state index contributed by atoms with van der Waals surface area (Å²) < 4.78 is 7.61. The molecule has 0 spiro atoms. The third-order valence-corrected chi connectivity index (χ3v) is 4.45. The second-order valence-corrected chi connectivity index (χ2v) is 5.95. The zero-order valence-electron chi connectivity index (χ0n) is 12.1. The van der Waals surface area contributed by atoms with Crippen LogP contribution in [0.1, 0.15) is 20.7 Å². The molecular formula is C17H12O5S. The van der Waals surface area contributed by atoms with Gasteiger partial charge in [-0.2, -0.15) is 0 Å². The van der Waals surface area contributed by atoms with Crippen LogP contribution in [-0.2, 0) is 0 Å². The van der Waals surface area contributed by atoms with Crippen LogP contribution in [0.4, 0.5) is 0 Å². The number of hydrogen-bond donors (Lipinski definition) is 2. The molecule has 1 aliphatic rings. The summed E-state index contributed by atoms with van der Waals surface area (Å²) in [6.45, 7) is 0. The number of ether oxygens (including phenoxy) is 1. The minimum absolute atomic E-state index is 0.127. The van der Waals surface area contributed by atoms with Crippen molar-refractivity contribution in [2.75, 3.05) is 7.11 Å². The highest BCUT2D eigenvalue weighted by Gasteiger charge is 2.25. The molecule has 3 aromatic rings. The maximum absolute atomic E-state index is 11.3. The van der Waals surface area contributed by atoms with Crippen LogP contribution in [0.2, 0.25) is 0 Å². The topological polar surface area (TPSA) is 83.8 Å². The number of carbonyl (C=O) groups excluding carboxylic acids is 2. The number of methoxy groups -OCH3 is 1. The molecule has 6 heteroatoms. The first-order valence-electron chi connectivity index (χ1n) is 6.69. The Morgan fingerprint density at radius 2 is 1.48 bits per heavy atom. The molecule has 23 heavy (non-hydrogen) atoms. The van der Waals surface area contributed by atoms with Crippen LogP contribution < -0.4 is 4.74 Å². The Morgan fingerprint density at radius 1 is 0.913 bits per heavy atom. The number of hydrogen-bond acceptors (Lipinski definition) is 6. The Kier molecular flexibility index (Phi) is 3.75. The molecule has 0 radical (unpaired) electrons. The van der Waals surface area contributed by atoms with Crippen molar-refractivity contribution >= 4 is 32.3 Å². The highest BCUT2D eigenvalue weighted by molar-refractivity contribution is 7.24. The van der Waals surface area contributed by atoms with Gasteiger partial charge in [0.05, 0.1) is 22.9 Å². The average molecular weight is 328 g/mol. The van der Waals surface area contributed by atoms with E-state index in [0.717, 1.165) is 17.9 Å². The quantitative estimate of drug-likeness (QED) is 0.669. The molecule has 1 aromatic carbocycles. The van der Waals surface area contributed by atoms with E-state index in [4.69, 9.17) is 4.74 Å². The molecule has 0 aliphatic heterocycles. The Balaban J connectivity index is 0.000000149. The number of ketones is 2. The zero-order chi connectivity index (χ0) is 16.6. The van der Waals surface area contributed by atoms with E-state index >= 15 is 0 Å².